The molecule has 0 aliphatic rings. The molecule has 1 amide bonds. The van der Waals surface area contributed by atoms with Crippen LogP contribution in [-0.2, 0) is 9.59 Å². The number of hydrogen-bond acceptors (Lipinski definition) is 2. The van der Waals surface area contributed by atoms with Gasteiger partial charge in [-0.1, -0.05) is 36.4 Å². The Kier molecular flexibility index (Phi) is 6.41. The number of aliphatic carboxylic acids is 1. The second kappa shape index (κ2) is 7.54. The van der Waals surface area contributed by atoms with Gasteiger partial charge in [0.15, 0.2) is 0 Å². The molecule has 74 valence electrons. The van der Waals surface area contributed by atoms with E-state index >= 15 is 0 Å². The fourth-order valence-electron chi connectivity index (χ4n) is 0.538. The molecule has 0 atom stereocenters. The van der Waals surface area contributed by atoms with Gasteiger partial charge in [0.05, 0.1) is 0 Å². The van der Waals surface area contributed by atoms with Crippen LogP contribution in [-0.4, -0.2) is 17.0 Å². The summed E-state index contributed by atoms with van der Waals surface area (Å²) >= 11 is 0. The fraction of sp³-hybridized carbons (Fsp3) is 0. The molecule has 0 bridgehead atoms. The normalized spacial score (nSPS) is 8.86. The van der Waals surface area contributed by atoms with Gasteiger partial charge in [-0.25, -0.2) is 4.79 Å². The van der Waals surface area contributed by atoms with Gasteiger partial charge in [0, 0.05) is 12.2 Å². The van der Waals surface area contributed by atoms with Crippen molar-refractivity contribution in [3.8, 4) is 0 Å². The first-order valence-corrected chi connectivity index (χ1v) is 3.83. The molecule has 0 spiro atoms. The minimum absolute atomic E-state index is 0.683. The molecule has 4 heteroatoms. The lowest BCUT2D eigenvalue weighted by molar-refractivity contribution is -0.131. The highest BCUT2D eigenvalue weighted by Crippen LogP contribution is 1.79. The molecule has 0 radical (unpaired) electrons. The van der Waals surface area contributed by atoms with Crippen molar-refractivity contribution >= 4 is 11.9 Å². The van der Waals surface area contributed by atoms with E-state index in [4.69, 9.17) is 5.11 Å². The summed E-state index contributed by atoms with van der Waals surface area (Å²) in [4.78, 5) is 19.4. The fourth-order valence-corrected chi connectivity index (χ4v) is 0.538. The third-order valence-electron chi connectivity index (χ3n) is 1.06. The van der Waals surface area contributed by atoms with Gasteiger partial charge in [-0.3, -0.25) is 4.79 Å². The van der Waals surface area contributed by atoms with E-state index in [1.807, 2.05) is 36.4 Å². The monoisotopic (exact) mass is 193 g/mol. The van der Waals surface area contributed by atoms with Crippen molar-refractivity contribution in [2.24, 2.45) is 5.73 Å². The number of carboxylic acid groups (broad SMARTS) is 1. The predicted molar refractivity (Wildman–Crippen MR) is 52.4 cm³/mol. The third-order valence-corrected chi connectivity index (χ3v) is 1.06. The predicted octanol–water partition coefficient (Wildman–Crippen LogP) is 0.799. The molecule has 0 saturated heterocycles. The van der Waals surface area contributed by atoms with Gasteiger partial charge in [-0.2, -0.15) is 0 Å². The van der Waals surface area contributed by atoms with Crippen LogP contribution in [0, 0.1) is 0 Å². The lowest BCUT2D eigenvalue weighted by Gasteiger charge is -1.75. The van der Waals surface area contributed by atoms with Crippen molar-refractivity contribution in [3.05, 3.63) is 48.6 Å². The Labute approximate surface area is 81.7 Å². The number of rotatable bonds is 2. The number of carbonyl (C=O) groups is 2. The first-order chi connectivity index (χ1) is 6.63. The summed E-state index contributed by atoms with van der Waals surface area (Å²) in [5.74, 6) is -1.93. The first-order valence-electron chi connectivity index (χ1n) is 3.83. The Balaban J connectivity index is 0.000000249. The number of nitrogens with two attached hydrogens (primary N) is 1. The van der Waals surface area contributed by atoms with Gasteiger partial charge in [-0.15, -0.1) is 0 Å². The van der Waals surface area contributed by atoms with Gasteiger partial charge in [-0.05, 0) is 0 Å². The molecular weight excluding hydrogens is 182 g/mol. The molecule has 0 aliphatic carbocycles. The summed E-state index contributed by atoms with van der Waals surface area (Å²) in [6, 6.07) is 12.0. The van der Waals surface area contributed by atoms with Gasteiger partial charge < -0.3 is 10.8 Å². The number of carboxylic acids is 1. The van der Waals surface area contributed by atoms with Crippen LogP contribution < -0.4 is 5.73 Å². The van der Waals surface area contributed by atoms with Gasteiger partial charge in [0.1, 0.15) is 0 Å². The van der Waals surface area contributed by atoms with Crippen LogP contribution in [0.1, 0.15) is 0 Å². The second-order valence-electron chi connectivity index (χ2n) is 2.23. The minimum Gasteiger partial charge on any atom is -0.478 e. The van der Waals surface area contributed by atoms with Crippen molar-refractivity contribution in [1.29, 1.82) is 0 Å². The molecule has 0 heterocycles. The number of hydrogen-bond donors (Lipinski definition) is 2. The van der Waals surface area contributed by atoms with E-state index in [0.29, 0.717) is 6.08 Å². The van der Waals surface area contributed by atoms with Gasteiger partial charge in [0.25, 0.3) is 0 Å². The molecule has 0 aromatic heterocycles. The SMILES string of the molecule is NC(=O)/C=C\C(=O)O.c1ccccc1. The highest BCUT2D eigenvalue weighted by atomic mass is 16.4. The Morgan fingerprint density at radius 3 is 1.43 bits per heavy atom. The zero-order valence-corrected chi connectivity index (χ0v) is 7.46. The molecular formula is C10H11NO3. The van der Waals surface area contributed by atoms with Gasteiger partial charge >= 0.3 is 5.97 Å². The second-order valence-corrected chi connectivity index (χ2v) is 2.23. The lowest BCUT2D eigenvalue weighted by Crippen LogP contribution is -2.06. The quantitative estimate of drug-likeness (QED) is 0.681. The summed E-state index contributed by atoms with van der Waals surface area (Å²) in [7, 11) is 0. The summed E-state index contributed by atoms with van der Waals surface area (Å²) < 4.78 is 0. The zero-order chi connectivity index (χ0) is 10.8. The summed E-state index contributed by atoms with van der Waals surface area (Å²) in [6.45, 7) is 0. The molecule has 1 aromatic carbocycles. The maximum atomic E-state index is 9.78. The summed E-state index contributed by atoms with van der Waals surface area (Å²) in [5, 5.41) is 7.87. The zero-order valence-electron chi connectivity index (χ0n) is 7.46. The molecule has 3 N–H and O–H groups in total. The Morgan fingerprint density at radius 1 is 0.929 bits per heavy atom. The van der Waals surface area contributed by atoms with Crippen LogP contribution in [0.15, 0.2) is 48.6 Å². The number of amides is 1. The van der Waals surface area contributed by atoms with E-state index in [2.05, 4.69) is 5.73 Å². The van der Waals surface area contributed by atoms with Crippen LogP contribution in [0.2, 0.25) is 0 Å². The Morgan fingerprint density at radius 2 is 1.29 bits per heavy atom. The van der Waals surface area contributed by atoms with Crippen molar-refractivity contribution in [2.45, 2.75) is 0 Å². The van der Waals surface area contributed by atoms with Crippen molar-refractivity contribution in [1.82, 2.24) is 0 Å². The number of primary amides is 1. The summed E-state index contributed by atoms with van der Waals surface area (Å²) in [5.41, 5.74) is 4.55. The molecule has 4 nitrogen and oxygen atoms in total. The molecule has 0 aliphatic heterocycles. The highest BCUT2D eigenvalue weighted by Gasteiger charge is 1.86. The van der Waals surface area contributed by atoms with Gasteiger partial charge in [0.2, 0.25) is 5.91 Å². The van der Waals surface area contributed by atoms with Crippen molar-refractivity contribution in [2.75, 3.05) is 0 Å². The van der Waals surface area contributed by atoms with E-state index in [-0.39, 0.29) is 0 Å². The van der Waals surface area contributed by atoms with Crippen LogP contribution in [0.3, 0.4) is 0 Å². The minimum atomic E-state index is -1.18. The van der Waals surface area contributed by atoms with E-state index in [1.54, 1.807) is 0 Å². The maximum absolute atomic E-state index is 9.78. The maximum Gasteiger partial charge on any atom is 0.328 e. The van der Waals surface area contributed by atoms with Crippen molar-refractivity contribution < 1.29 is 14.7 Å². The summed E-state index contributed by atoms with van der Waals surface area (Å²) in [6.07, 6.45) is 1.46. The topological polar surface area (TPSA) is 80.4 Å². The average Bonchev–Trinajstić information content (AvgIpc) is 2.18. The van der Waals surface area contributed by atoms with E-state index < -0.39 is 11.9 Å². The Hall–Kier alpha value is -2.10. The average molecular weight is 193 g/mol. The van der Waals surface area contributed by atoms with E-state index in [0.717, 1.165) is 6.08 Å². The molecule has 0 unspecified atom stereocenters. The van der Waals surface area contributed by atoms with Crippen LogP contribution in [0.4, 0.5) is 0 Å². The molecule has 0 saturated carbocycles. The molecule has 14 heavy (non-hydrogen) atoms. The van der Waals surface area contributed by atoms with Crippen molar-refractivity contribution in [3.63, 3.8) is 0 Å². The smallest absolute Gasteiger partial charge is 0.328 e. The highest BCUT2D eigenvalue weighted by molar-refractivity contribution is 5.92. The van der Waals surface area contributed by atoms with Crippen LogP contribution in [0.5, 0.6) is 0 Å². The van der Waals surface area contributed by atoms with Crippen LogP contribution in [0.25, 0.3) is 0 Å². The van der Waals surface area contributed by atoms with Crippen LogP contribution >= 0.6 is 0 Å². The number of benzene rings is 1. The molecule has 0 fully saturated rings. The largest absolute Gasteiger partial charge is 0.478 e. The standard InChI is InChI=1S/C6H6.C4H5NO3/c1-2-4-6-5-3-1;5-3(6)1-2-4(7)8/h1-6H;1-2H,(H2,5,6)(H,7,8)/b;2-1-. The number of carbonyl (C=O) groups excluding carboxylic acids is 1. The first kappa shape index (κ1) is 11.9. The lowest BCUT2D eigenvalue weighted by atomic mass is 10.4. The molecule has 1 aromatic rings. The molecule has 1 rings (SSSR count). The van der Waals surface area contributed by atoms with E-state index in [1.165, 1.54) is 0 Å². The van der Waals surface area contributed by atoms with E-state index in [9.17, 15) is 9.59 Å². The Bertz CT molecular complexity index is 264. The third kappa shape index (κ3) is 9.90.